The minimum atomic E-state index is -0.690. The van der Waals surface area contributed by atoms with Crippen LogP contribution in [-0.2, 0) is 21.0 Å². The van der Waals surface area contributed by atoms with Crippen LogP contribution in [0.1, 0.15) is 45.4 Å². The van der Waals surface area contributed by atoms with Gasteiger partial charge in [-0.25, -0.2) is 4.98 Å². The van der Waals surface area contributed by atoms with Gasteiger partial charge in [-0.05, 0) is 30.9 Å². The van der Waals surface area contributed by atoms with Crippen LogP contribution in [-0.4, -0.2) is 75.9 Å². The molecule has 1 aromatic heterocycles. The Morgan fingerprint density at radius 1 is 1.33 bits per heavy atom. The first kappa shape index (κ1) is 27.8. The van der Waals surface area contributed by atoms with Crippen LogP contribution in [0.2, 0.25) is 0 Å². The largest absolute Gasteiger partial charge is 0.391 e. The molecule has 3 rings (SSSR count). The second kappa shape index (κ2) is 12.4. The predicted molar refractivity (Wildman–Crippen MR) is 141 cm³/mol. The summed E-state index contributed by atoms with van der Waals surface area (Å²) in [7, 11) is 1.49. The van der Waals surface area contributed by atoms with Crippen molar-refractivity contribution in [2.24, 2.45) is 10.9 Å². The Morgan fingerprint density at radius 3 is 2.56 bits per heavy atom. The summed E-state index contributed by atoms with van der Waals surface area (Å²) in [5.41, 5.74) is 7.79. The minimum absolute atomic E-state index is 0.0868. The fraction of sp³-hybridized carbons (Fsp3) is 0.538. The lowest BCUT2D eigenvalue weighted by Crippen LogP contribution is -2.56. The number of nitrogens with zero attached hydrogens (tertiary/aromatic N) is 4. The molecule has 0 bridgehead atoms. The maximum atomic E-state index is 13.7. The molecule has 0 unspecified atom stereocenters. The molecular weight excluding hydrogens is 478 g/mol. The van der Waals surface area contributed by atoms with E-state index in [1.165, 1.54) is 14.0 Å². The van der Waals surface area contributed by atoms with Gasteiger partial charge < -0.3 is 14.9 Å². The Hall–Kier alpha value is -2.82. The number of benzene rings is 1. The molecule has 0 aliphatic carbocycles. The van der Waals surface area contributed by atoms with E-state index in [2.05, 4.69) is 22.6 Å². The summed E-state index contributed by atoms with van der Waals surface area (Å²) in [5.74, 6) is 0.0366. The van der Waals surface area contributed by atoms with Crippen LogP contribution in [0, 0.1) is 12.8 Å². The molecule has 2 aromatic rings. The maximum Gasteiger partial charge on any atom is 0.246 e. The number of aliphatic hydroxyl groups excluding tert-OH is 1. The zero-order valence-corrected chi connectivity index (χ0v) is 22.7. The summed E-state index contributed by atoms with van der Waals surface area (Å²) in [6.07, 6.45) is -0.355. The highest BCUT2D eigenvalue weighted by Crippen LogP contribution is 2.28. The molecule has 9 nitrogen and oxygen atoms in total. The fourth-order valence-corrected chi connectivity index (χ4v) is 5.52. The average molecular weight is 516 g/mol. The van der Waals surface area contributed by atoms with Gasteiger partial charge in [0.1, 0.15) is 11.9 Å². The topological polar surface area (TPSA) is 107 Å². The highest BCUT2D eigenvalue weighted by atomic mass is 32.1. The average Bonchev–Trinajstić information content (AvgIpc) is 3.44. The molecule has 1 saturated heterocycles. The lowest BCUT2D eigenvalue weighted by molar-refractivity contribution is -0.146. The predicted octanol–water partition coefficient (Wildman–Crippen LogP) is 3.02. The Kier molecular flexibility index (Phi) is 9.58. The minimum Gasteiger partial charge on any atom is -0.391 e. The summed E-state index contributed by atoms with van der Waals surface area (Å²) in [6.45, 7) is 10.2. The number of hydrogen-bond acceptors (Lipinski definition) is 7. The third-order valence-corrected chi connectivity index (χ3v) is 7.42. The van der Waals surface area contributed by atoms with Gasteiger partial charge in [0, 0.05) is 26.4 Å². The van der Waals surface area contributed by atoms with Gasteiger partial charge in [-0.2, -0.15) is 0 Å². The van der Waals surface area contributed by atoms with Crippen molar-refractivity contribution in [1.29, 1.82) is 0 Å². The molecule has 1 aromatic carbocycles. The van der Waals surface area contributed by atoms with Crippen LogP contribution in [0.4, 0.5) is 0 Å². The fourth-order valence-electron chi connectivity index (χ4n) is 4.71. The van der Waals surface area contributed by atoms with Gasteiger partial charge in [0.25, 0.3) is 0 Å². The zero-order chi connectivity index (χ0) is 26.4. The van der Waals surface area contributed by atoms with E-state index in [9.17, 15) is 14.7 Å². The molecule has 1 aliphatic heterocycles. The SMILES string of the molecule is CCN(C(C)=O)[C@H](C(=O)N1C[C@H](O)C[C@H]1C(=NCc1ccc(-c2scnc2C)cc1)NOC)C(C)C. The lowest BCUT2D eigenvalue weighted by Gasteiger charge is -2.36. The van der Waals surface area contributed by atoms with Crippen molar-refractivity contribution >= 4 is 29.0 Å². The Balaban J connectivity index is 1.83. The monoisotopic (exact) mass is 515 g/mol. The Morgan fingerprint density at radius 2 is 2.03 bits per heavy atom. The number of likely N-dealkylation sites (tertiary alicyclic amines) is 1. The van der Waals surface area contributed by atoms with Crippen LogP contribution in [0.3, 0.4) is 0 Å². The number of amidine groups is 1. The number of aromatic nitrogens is 1. The van der Waals surface area contributed by atoms with Crippen LogP contribution in [0.25, 0.3) is 10.4 Å². The van der Waals surface area contributed by atoms with Gasteiger partial charge >= 0.3 is 0 Å². The third-order valence-electron chi connectivity index (χ3n) is 6.44. The van der Waals surface area contributed by atoms with Crippen molar-refractivity contribution in [3.63, 3.8) is 0 Å². The number of nitrogens with one attached hydrogen (secondary N) is 1. The number of β-amino-alcohol motifs (C(OH)–C–C–N with tert-alkyl or cyclic N) is 1. The van der Waals surface area contributed by atoms with E-state index in [0.717, 1.165) is 21.7 Å². The maximum absolute atomic E-state index is 13.7. The van der Waals surface area contributed by atoms with E-state index in [4.69, 9.17) is 9.83 Å². The number of hydrogen-bond donors (Lipinski definition) is 2. The molecule has 2 amide bonds. The zero-order valence-electron chi connectivity index (χ0n) is 21.9. The molecule has 0 spiro atoms. The first-order chi connectivity index (χ1) is 17.2. The highest BCUT2D eigenvalue weighted by molar-refractivity contribution is 7.13. The van der Waals surface area contributed by atoms with Crippen molar-refractivity contribution in [3.05, 3.63) is 41.0 Å². The Labute approximate surface area is 217 Å². The summed E-state index contributed by atoms with van der Waals surface area (Å²) in [6, 6.07) is 7.05. The molecule has 2 N–H and O–H groups in total. The molecule has 36 heavy (non-hydrogen) atoms. The Bertz CT molecular complexity index is 1070. The van der Waals surface area contributed by atoms with Gasteiger partial charge in [0.15, 0.2) is 0 Å². The van der Waals surface area contributed by atoms with E-state index in [1.807, 2.05) is 45.3 Å². The van der Waals surface area contributed by atoms with Crippen LogP contribution < -0.4 is 5.48 Å². The number of likely N-dealkylation sites (N-methyl/N-ethyl adjacent to an activating group) is 1. The number of aryl methyl sites for hydroxylation is 1. The molecule has 10 heteroatoms. The van der Waals surface area contributed by atoms with Gasteiger partial charge in [-0.15, -0.1) is 11.3 Å². The number of aliphatic imine (C=N–C) groups is 1. The van der Waals surface area contributed by atoms with Gasteiger partial charge in [0.2, 0.25) is 11.8 Å². The highest BCUT2D eigenvalue weighted by Gasteiger charge is 2.42. The molecule has 3 atom stereocenters. The molecular formula is C26H37N5O4S. The third kappa shape index (κ3) is 6.29. The van der Waals surface area contributed by atoms with E-state index < -0.39 is 18.2 Å². The quantitative estimate of drug-likeness (QED) is 0.302. The number of aliphatic hydroxyl groups is 1. The molecule has 0 radical (unpaired) electrons. The summed E-state index contributed by atoms with van der Waals surface area (Å²) >= 11 is 1.61. The summed E-state index contributed by atoms with van der Waals surface area (Å²) in [4.78, 5) is 44.5. The molecule has 2 heterocycles. The van der Waals surface area contributed by atoms with Crippen molar-refractivity contribution in [2.45, 2.75) is 65.8 Å². The molecule has 1 fully saturated rings. The molecule has 0 saturated carbocycles. The number of thiazole rings is 1. The van der Waals surface area contributed by atoms with E-state index in [1.54, 1.807) is 21.1 Å². The van der Waals surface area contributed by atoms with Crippen molar-refractivity contribution in [3.8, 4) is 10.4 Å². The van der Waals surface area contributed by atoms with Crippen LogP contribution in [0.5, 0.6) is 0 Å². The lowest BCUT2D eigenvalue weighted by atomic mass is 10.00. The summed E-state index contributed by atoms with van der Waals surface area (Å²) < 4.78 is 0. The van der Waals surface area contributed by atoms with Crippen molar-refractivity contribution in [2.75, 3.05) is 20.2 Å². The number of carbonyl (C=O) groups excluding carboxylic acids is 2. The normalized spacial score (nSPS) is 19.0. The molecule has 196 valence electrons. The van der Waals surface area contributed by atoms with Gasteiger partial charge in [-0.1, -0.05) is 38.1 Å². The second-order valence-corrected chi connectivity index (χ2v) is 10.2. The van der Waals surface area contributed by atoms with E-state index >= 15 is 0 Å². The van der Waals surface area contributed by atoms with Crippen LogP contribution >= 0.6 is 11.3 Å². The van der Waals surface area contributed by atoms with Crippen LogP contribution in [0.15, 0.2) is 34.8 Å². The number of carbonyl (C=O) groups is 2. The smallest absolute Gasteiger partial charge is 0.246 e. The number of hydroxylamine groups is 1. The number of amides is 2. The van der Waals surface area contributed by atoms with E-state index in [-0.39, 0.29) is 24.3 Å². The standard InChI is InChI=1S/C26H37N5O4S/c1-7-30(18(5)32)23(16(2)3)26(34)31-14-21(33)12-22(31)25(29-35-6)27-13-19-8-10-20(11-9-19)24-17(4)28-15-36-24/h8-11,15-16,21-23,33H,7,12-14H2,1-6H3,(H,27,29)/t21-,22+,23+/m1/s1. The summed E-state index contributed by atoms with van der Waals surface area (Å²) in [5, 5.41) is 10.5. The second-order valence-electron chi connectivity index (χ2n) is 9.36. The first-order valence-corrected chi connectivity index (χ1v) is 13.1. The van der Waals surface area contributed by atoms with Crippen molar-refractivity contribution < 1.29 is 19.5 Å². The first-order valence-electron chi connectivity index (χ1n) is 12.3. The van der Waals surface area contributed by atoms with Gasteiger partial charge in [0.05, 0.1) is 41.9 Å². The van der Waals surface area contributed by atoms with E-state index in [0.29, 0.717) is 25.3 Å². The van der Waals surface area contributed by atoms with Gasteiger partial charge in [-0.3, -0.25) is 24.9 Å². The molecule has 1 aliphatic rings. The van der Waals surface area contributed by atoms with Crippen molar-refractivity contribution in [1.82, 2.24) is 20.3 Å². The number of rotatable bonds is 9.